The van der Waals surface area contributed by atoms with Crippen molar-refractivity contribution < 1.29 is 4.52 Å². The van der Waals surface area contributed by atoms with E-state index in [1.54, 1.807) is 11.3 Å². The predicted octanol–water partition coefficient (Wildman–Crippen LogP) is 4.72. The molecule has 0 aliphatic carbocycles. The molecule has 2 N–H and O–H groups in total. The first-order chi connectivity index (χ1) is 9.15. The van der Waals surface area contributed by atoms with Crippen molar-refractivity contribution in [3.05, 3.63) is 45.1 Å². The lowest BCUT2D eigenvalue weighted by Crippen LogP contribution is -1.87. The summed E-state index contributed by atoms with van der Waals surface area (Å²) >= 11 is 5.06. The molecule has 3 aromatic rings. The smallest absolute Gasteiger partial charge is 0.230 e. The van der Waals surface area contributed by atoms with Crippen LogP contribution in [0.15, 0.2) is 44.0 Å². The van der Waals surface area contributed by atoms with E-state index in [0.717, 1.165) is 26.2 Å². The van der Waals surface area contributed by atoms with Crippen molar-refractivity contribution in [1.29, 1.82) is 0 Å². The van der Waals surface area contributed by atoms with E-state index >= 15 is 0 Å². The van der Waals surface area contributed by atoms with Crippen LogP contribution in [0.3, 0.4) is 0 Å². The second kappa shape index (κ2) is 4.83. The van der Waals surface area contributed by atoms with Crippen molar-refractivity contribution in [2.75, 3.05) is 5.73 Å². The van der Waals surface area contributed by atoms with Crippen LogP contribution in [0.1, 0.15) is 5.56 Å². The third-order valence-electron chi connectivity index (χ3n) is 2.90. The van der Waals surface area contributed by atoms with Crippen molar-refractivity contribution in [2.45, 2.75) is 6.92 Å². The minimum atomic E-state index is 0.348. The standard InChI is InChI=1S/C14H11BrN2OS/c1-8-2-4-9(5-3-8)12-13(17-18-14(12)16)10-6-11(15)19-7-10/h2-7H,16H2,1H3. The van der Waals surface area contributed by atoms with E-state index < -0.39 is 0 Å². The van der Waals surface area contributed by atoms with E-state index in [4.69, 9.17) is 10.3 Å². The third-order valence-corrected chi connectivity index (χ3v) is 4.40. The molecule has 0 aliphatic heterocycles. The minimum absolute atomic E-state index is 0.348. The van der Waals surface area contributed by atoms with Gasteiger partial charge in [-0.15, -0.1) is 11.3 Å². The largest absolute Gasteiger partial charge is 0.367 e. The highest BCUT2D eigenvalue weighted by molar-refractivity contribution is 9.11. The average molecular weight is 335 g/mol. The van der Waals surface area contributed by atoms with Gasteiger partial charge in [-0.3, -0.25) is 0 Å². The lowest BCUT2D eigenvalue weighted by atomic mass is 10.0. The lowest BCUT2D eigenvalue weighted by molar-refractivity contribution is 0.439. The van der Waals surface area contributed by atoms with E-state index in [2.05, 4.69) is 40.1 Å². The highest BCUT2D eigenvalue weighted by Crippen LogP contribution is 2.38. The summed E-state index contributed by atoms with van der Waals surface area (Å²) in [7, 11) is 0. The molecular formula is C14H11BrN2OS. The Labute approximate surface area is 123 Å². The maximum Gasteiger partial charge on any atom is 0.230 e. The van der Waals surface area contributed by atoms with E-state index in [1.165, 1.54) is 5.56 Å². The summed E-state index contributed by atoms with van der Waals surface area (Å²) in [5.41, 5.74) is 10.8. The molecule has 3 rings (SSSR count). The number of anilines is 1. The third kappa shape index (κ3) is 2.31. The second-order valence-electron chi connectivity index (χ2n) is 4.28. The van der Waals surface area contributed by atoms with Crippen molar-refractivity contribution in [3.63, 3.8) is 0 Å². The fourth-order valence-corrected chi connectivity index (χ4v) is 3.07. The predicted molar refractivity (Wildman–Crippen MR) is 82.1 cm³/mol. The van der Waals surface area contributed by atoms with Crippen LogP contribution in [0.4, 0.5) is 5.88 Å². The fraction of sp³-hybridized carbons (Fsp3) is 0.0714. The molecule has 0 aliphatic rings. The molecule has 0 fully saturated rings. The van der Waals surface area contributed by atoms with Crippen LogP contribution in [0.25, 0.3) is 22.4 Å². The molecule has 5 heteroatoms. The van der Waals surface area contributed by atoms with Crippen LogP contribution in [0.2, 0.25) is 0 Å². The minimum Gasteiger partial charge on any atom is -0.367 e. The van der Waals surface area contributed by atoms with Gasteiger partial charge in [0.25, 0.3) is 0 Å². The zero-order valence-corrected chi connectivity index (χ0v) is 12.6. The van der Waals surface area contributed by atoms with E-state index in [9.17, 15) is 0 Å². The molecule has 0 radical (unpaired) electrons. The van der Waals surface area contributed by atoms with Gasteiger partial charge in [0.15, 0.2) is 0 Å². The number of nitrogens with two attached hydrogens (primary N) is 1. The molecule has 19 heavy (non-hydrogen) atoms. The van der Waals surface area contributed by atoms with E-state index in [0.29, 0.717) is 5.88 Å². The molecule has 0 amide bonds. The van der Waals surface area contributed by atoms with Crippen LogP contribution in [-0.2, 0) is 0 Å². The van der Waals surface area contributed by atoms with Crippen molar-refractivity contribution >= 4 is 33.2 Å². The van der Waals surface area contributed by atoms with Gasteiger partial charge in [0, 0.05) is 10.9 Å². The number of hydrogen-bond donors (Lipinski definition) is 1. The van der Waals surface area contributed by atoms with E-state index in [1.807, 2.05) is 23.6 Å². The number of hydrogen-bond acceptors (Lipinski definition) is 4. The van der Waals surface area contributed by atoms with Gasteiger partial charge in [0.1, 0.15) is 5.69 Å². The maximum absolute atomic E-state index is 5.92. The summed E-state index contributed by atoms with van der Waals surface area (Å²) in [6, 6.07) is 10.2. The summed E-state index contributed by atoms with van der Waals surface area (Å²) in [5.74, 6) is 0.348. The summed E-state index contributed by atoms with van der Waals surface area (Å²) < 4.78 is 6.22. The van der Waals surface area contributed by atoms with Crippen LogP contribution in [-0.4, -0.2) is 5.16 Å². The molecule has 0 bridgehead atoms. The molecule has 0 saturated carbocycles. The first-order valence-electron chi connectivity index (χ1n) is 5.72. The summed E-state index contributed by atoms with van der Waals surface area (Å²) in [6.07, 6.45) is 0. The average Bonchev–Trinajstić information content (AvgIpc) is 2.97. The molecule has 96 valence electrons. The van der Waals surface area contributed by atoms with E-state index in [-0.39, 0.29) is 0 Å². The summed E-state index contributed by atoms with van der Waals surface area (Å²) in [5, 5.41) is 6.11. The number of nitrogen functional groups attached to an aromatic ring is 1. The second-order valence-corrected chi connectivity index (χ2v) is 6.57. The number of benzene rings is 1. The van der Waals surface area contributed by atoms with Gasteiger partial charge in [-0.05, 0) is 34.5 Å². The molecule has 0 unspecified atom stereocenters. The van der Waals surface area contributed by atoms with Crippen LogP contribution < -0.4 is 5.73 Å². The van der Waals surface area contributed by atoms with Gasteiger partial charge in [-0.2, -0.15) is 0 Å². The number of nitrogens with zero attached hydrogens (tertiary/aromatic N) is 1. The van der Waals surface area contributed by atoms with Crippen LogP contribution >= 0.6 is 27.3 Å². The Kier molecular flexibility index (Phi) is 3.16. The monoisotopic (exact) mass is 334 g/mol. The number of aromatic nitrogens is 1. The lowest BCUT2D eigenvalue weighted by Gasteiger charge is -2.01. The number of halogens is 1. The molecule has 3 nitrogen and oxygen atoms in total. The zero-order valence-electron chi connectivity index (χ0n) is 10.2. The van der Waals surface area contributed by atoms with Gasteiger partial charge in [0.05, 0.1) is 9.35 Å². The quantitative estimate of drug-likeness (QED) is 0.737. The van der Waals surface area contributed by atoms with Gasteiger partial charge in [0.2, 0.25) is 5.88 Å². The Morgan fingerprint density at radius 2 is 1.95 bits per heavy atom. The van der Waals surface area contributed by atoms with Gasteiger partial charge in [-0.25, -0.2) is 0 Å². The Balaban J connectivity index is 2.16. The number of thiophene rings is 1. The van der Waals surface area contributed by atoms with Crippen LogP contribution in [0, 0.1) is 6.92 Å². The molecule has 1 aromatic carbocycles. The van der Waals surface area contributed by atoms with Crippen molar-refractivity contribution in [3.8, 4) is 22.4 Å². The van der Waals surface area contributed by atoms with Crippen LogP contribution in [0.5, 0.6) is 0 Å². The van der Waals surface area contributed by atoms with Gasteiger partial charge in [-0.1, -0.05) is 35.0 Å². The Bertz CT molecular complexity index is 715. The molecule has 0 atom stereocenters. The topological polar surface area (TPSA) is 52.0 Å². The SMILES string of the molecule is Cc1ccc(-c2c(-c3csc(Br)c3)noc2N)cc1. The molecule has 2 aromatic heterocycles. The normalized spacial score (nSPS) is 10.8. The molecule has 0 spiro atoms. The fourth-order valence-electron chi connectivity index (χ4n) is 1.93. The molecular weight excluding hydrogens is 324 g/mol. The number of aryl methyl sites for hydroxylation is 1. The van der Waals surface area contributed by atoms with Gasteiger partial charge >= 0.3 is 0 Å². The summed E-state index contributed by atoms with van der Waals surface area (Å²) in [4.78, 5) is 0. The first-order valence-corrected chi connectivity index (χ1v) is 7.39. The number of rotatable bonds is 2. The zero-order chi connectivity index (χ0) is 13.4. The Hall–Kier alpha value is -1.59. The Morgan fingerprint density at radius 1 is 1.21 bits per heavy atom. The van der Waals surface area contributed by atoms with Crippen molar-refractivity contribution in [1.82, 2.24) is 5.16 Å². The summed E-state index contributed by atoms with van der Waals surface area (Å²) in [6.45, 7) is 2.05. The molecule has 0 saturated heterocycles. The highest BCUT2D eigenvalue weighted by atomic mass is 79.9. The first kappa shape index (κ1) is 12.4. The van der Waals surface area contributed by atoms with Crippen molar-refractivity contribution in [2.24, 2.45) is 0 Å². The van der Waals surface area contributed by atoms with Gasteiger partial charge < -0.3 is 10.3 Å². The Morgan fingerprint density at radius 3 is 2.58 bits per heavy atom. The maximum atomic E-state index is 5.92. The highest BCUT2D eigenvalue weighted by Gasteiger charge is 2.18. The molecule has 2 heterocycles.